The summed E-state index contributed by atoms with van der Waals surface area (Å²) in [5.74, 6) is 1.34. The lowest BCUT2D eigenvalue weighted by Gasteiger charge is -2.33. The van der Waals surface area contributed by atoms with Crippen molar-refractivity contribution in [3.63, 3.8) is 0 Å². The van der Waals surface area contributed by atoms with Crippen LogP contribution in [0.5, 0.6) is 0 Å². The highest BCUT2D eigenvalue weighted by Crippen LogP contribution is 2.21. The lowest BCUT2D eigenvalue weighted by molar-refractivity contribution is 0.256. The summed E-state index contributed by atoms with van der Waals surface area (Å²) in [6.07, 6.45) is 4.10. The van der Waals surface area contributed by atoms with E-state index in [9.17, 15) is 0 Å². The summed E-state index contributed by atoms with van der Waals surface area (Å²) in [4.78, 5) is 2.66. The predicted molar refractivity (Wildman–Crippen MR) is 64.0 cm³/mol. The molecule has 2 atom stereocenters. The summed E-state index contributed by atoms with van der Waals surface area (Å²) < 4.78 is 0. The second-order valence-electron chi connectivity index (χ2n) is 4.45. The van der Waals surface area contributed by atoms with Gasteiger partial charge in [-0.1, -0.05) is 6.92 Å². The zero-order chi connectivity index (χ0) is 9.80. The second kappa shape index (κ2) is 5.38. The van der Waals surface area contributed by atoms with Crippen molar-refractivity contribution in [2.24, 2.45) is 0 Å². The Morgan fingerprint density at radius 1 is 1.50 bits per heavy atom. The summed E-state index contributed by atoms with van der Waals surface area (Å²) in [7, 11) is 0. The molecule has 1 unspecified atom stereocenters. The molecule has 2 saturated heterocycles. The van der Waals surface area contributed by atoms with Gasteiger partial charge in [-0.3, -0.25) is 4.90 Å². The van der Waals surface area contributed by atoms with Crippen LogP contribution in [0.25, 0.3) is 0 Å². The zero-order valence-corrected chi connectivity index (χ0v) is 9.98. The Morgan fingerprint density at radius 3 is 3.14 bits per heavy atom. The number of rotatable bonds is 3. The molecule has 2 aliphatic heterocycles. The van der Waals surface area contributed by atoms with Gasteiger partial charge >= 0.3 is 0 Å². The third-order valence-corrected chi connectivity index (χ3v) is 4.69. The minimum absolute atomic E-state index is 0.788. The Labute approximate surface area is 91.8 Å². The first-order valence-corrected chi connectivity index (χ1v) is 7.00. The maximum absolute atomic E-state index is 3.59. The Kier molecular flexibility index (Phi) is 4.14. The average molecular weight is 214 g/mol. The molecule has 0 radical (unpaired) electrons. The molecule has 2 heterocycles. The molecule has 14 heavy (non-hydrogen) atoms. The van der Waals surface area contributed by atoms with Crippen LogP contribution in [0.4, 0.5) is 0 Å². The third kappa shape index (κ3) is 2.88. The van der Waals surface area contributed by atoms with Crippen molar-refractivity contribution in [1.82, 2.24) is 10.2 Å². The molecular weight excluding hydrogens is 192 g/mol. The summed E-state index contributed by atoms with van der Waals surface area (Å²) in [5, 5.41) is 4.48. The SMILES string of the molecule is CCC1CN(C[C@H]2CCCN2)CCS1. The highest BCUT2D eigenvalue weighted by molar-refractivity contribution is 8.00. The fourth-order valence-electron chi connectivity index (χ4n) is 2.42. The Hall–Kier alpha value is 0.270. The van der Waals surface area contributed by atoms with Crippen LogP contribution in [0.2, 0.25) is 0 Å². The van der Waals surface area contributed by atoms with Crippen LogP contribution in [0.3, 0.4) is 0 Å². The van der Waals surface area contributed by atoms with Gasteiger partial charge in [0.15, 0.2) is 0 Å². The van der Waals surface area contributed by atoms with Gasteiger partial charge in [-0.2, -0.15) is 11.8 Å². The lowest BCUT2D eigenvalue weighted by Crippen LogP contribution is -2.44. The normalized spacial score (nSPS) is 34.9. The lowest BCUT2D eigenvalue weighted by atomic mass is 10.2. The van der Waals surface area contributed by atoms with E-state index in [1.54, 1.807) is 0 Å². The number of nitrogens with zero attached hydrogens (tertiary/aromatic N) is 1. The fraction of sp³-hybridized carbons (Fsp3) is 1.00. The molecule has 2 aliphatic rings. The minimum Gasteiger partial charge on any atom is -0.313 e. The summed E-state index contributed by atoms with van der Waals surface area (Å²) >= 11 is 2.16. The monoisotopic (exact) mass is 214 g/mol. The van der Waals surface area contributed by atoms with Gasteiger partial charge in [0, 0.05) is 36.7 Å². The first-order chi connectivity index (χ1) is 6.88. The molecule has 0 aromatic carbocycles. The highest BCUT2D eigenvalue weighted by atomic mass is 32.2. The van der Waals surface area contributed by atoms with E-state index in [2.05, 4.69) is 28.9 Å². The standard InChI is InChI=1S/C11H22N2S/c1-2-11-9-13(6-7-14-11)8-10-4-3-5-12-10/h10-12H,2-9H2,1H3/t10-,11?/m1/s1. The van der Waals surface area contributed by atoms with Crippen LogP contribution in [-0.4, -0.2) is 48.1 Å². The van der Waals surface area contributed by atoms with E-state index in [1.807, 2.05) is 0 Å². The molecule has 1 N–H and O–H groups in total. The first kappa shape index (κ1) is 10.8. The van der Waals surface area contributed by atoms with Crippen molar-refractivity contribution in [3.05, 3.63) is 0 Å². The number of hydrogen-bond donors (Lipinski definition) is 1. The first-order valence-electron chi connectivity index (χ1n) is 5.96. The van der Waals surface area contributed by atoms with E-state index in [0.717, 1.165) is 11.3 Å². The maximum atomic E-state index is 3.59. The quantitative estimate of drug-likeness (QED) is 0.768. The number of hydrogen-bond acceptors (Lipinski definition) is 3. The van der Waals surface area contributed by atoms with E-state index in [-0.39, 0.29) is 0 Å². The van der Waals surface area contributed by atoms with E-state index < -0.39 is 0 Å². The molecule has 0 amide bonds. The van der Waals surface area contributed by atoms with E-state index in [1.165, 1.54) is 51.2 Å². The van der Waals surface area contributed by atoms with Crippen molar-refractivity contribution in [3.8, 4) is 0 Å². The molecule has 0 saturated carbocycles. The zero-order valence-electron chi connectivity index (χ0n) is 9.17. The number of nitrogens with one attached hydrogen (secondary N) is 1. The van der Waals surface area contributed by atoms with Gasteiger partial charge in [0.05, 0.1) is 0 Å². The molecule has 0 spiro atoms. The van der Waals surface area contributed by atoms with Gasteiger partial charge in [0.25, 0.3) is 0 Å². The van der Waals surface area contributed by atoms with Crippen LogP contribution in [0.1, 0.15) is 26.2 Å². The Bertz CT molecular complexity index is 169. The van der Waals surface area contributed by atoms with Gasteiger partial charge in [-0.15, -0.1) is 0 Å². The maximum Gasteiger partial charge on any atom is 0.0195 e. The largest absolute Gasteiger partial charge is 0.313 e. The van der Waals surface area contributed by atoms with Crippen molar-refractivity contribution < 1.29 is 0 Å². The van der Waals surface area contributed by atoms with E-state index in [0.29, 0.717) is 0 Å². The smallest absolute Gasteiger partial charge is 0.0195 e. The van der Waals surface area contributed by atoms with Crippen LogP contribution >= 0.6 is 11.8 Å². The molecule has 0 aliphatic carbocycles. The van der Waals surface area contributed by atoms with E-state index in [4.69, 9.17) is 0 Å². The van der Waals surface area contributed by atoms with Gasteiger partial charge in [-0.25, -0.2) is 0 Å². The third-order valence-electron chi connectivity index (χ3n) is 3.32. The van der Waals surface area contributed by atoms with Gasteiger partial charge in [0.1, 0.15) is 0 Å². The molecule has 0 aromatic rings. The molecule has 2 nitrogen and oxygen atoms in total. The predicted octanol–water partition coefficient (Wildman–Crippen LogP) is 1.57. The van der Waals surface area contributed by atoms with Crippen LogP contribution in [-0.2, 0) is 0 Å². The summed E-state index contributed by atoms with van der Waals surface area (Å²) in [5.41, 5.74) is 0. The second-order valence-corrected chi connectivity index (χ2v) is 5.86. The molecule has 0 bridgehead atoms. The molecular formula is C11H22N2S. The summed E-state index contributed by atoms with van der Waals surface area (Å²) in [6.45, 7) is 7.47. The topological polar surface area (TPSA) is 15.3 Å². The van der Waals surface area contributed by atoms with Crippen molar-refractivity contribution >= 4 is 11.8 Å². The van der Waals surface area contributed by atoms with E-state index >= 15 is 0 Å². The van der Waals surface area contributed by atoms with Crippen LogP contribution in [0.15, 0.2) is 0 Å². The number of thioether (sulfide) groups is 1. The van der Waals surface area contributed by atoms with Gasteiger partial charge < -0.3 is 5.32 Å². The van der Waals surface area contributed by atoms with Crippen molar-refractivity contribution in [2.75, 3.05) is 31.9 Å². The molecule has 0 aromatic heterocycles. The fourth-order valence-corrected chi connectivity index (χ4v) is 3.67. The van der Waals surface area contributed by atoms with Gasteiger partial charge in [0.2, 0.25) is 0 Å². The highest BCUT2D eigenvalue weighted by Gasteiger charge is 2.22. The van der Waals surface area contributed by atoms with Gasteiger partial charge in [-0.05, 0) is 25.8 Å². The van der Waals surface area contributed by atoms with Crippen LogP contribution in [0, 0.1) is 0 Å². The van der Waals surface area contributed by atoms with Crippen LogP contribution < -0.4 is 5.32 Å². The molecule has 3 heteroatoms. The van der Waals surface area contributed by atoms with Crippen molar-refractivity contribution in [1.29, 1.82) is 0 Å². The Morgan fingerprint density at radius 2 is 2.43 bits per heavy atom. The summed E-state index contributed by atoms with van der Waals surface area (Å²) in [6, 6.07) is 0.788. The Balaban J connectivity index is 1.73. The molecule has 82 valence electrons. The average Bonchev–Trinajstić information content (AvgIpc) is 2.71. The molecule has 2 rings (SSSR count). The molecule has 2 fully saturated rings. The van der Waals surface area contributed by atoms with Crippen molar-refractivity contribution in [2.45, 2.75) is 37.5 Å². The minimum atomic E-state index is 0.788.